The van der Waals surface area contributed by atoms with Crippen LogP contribution in [0.4, 0.5) is 5.82 Å². The van der Waals surface area contributed by atoms with E-state index in [4.69, 9.17) is 0 Å². The van der Waals surface area contributed by atoms with Crippen LogP contribution in [0.3, 0.4) is 0 Å². The maximum atomic E-state index is 13.9. The van der Waals surface area contributed by atoms with Crippen molar-refractivity contribution < 1.29 is 9.90 Å². The number of amides is 1. The summed E-state index contributed by atoms with van der Waals surface area (Å²) in [6.07, 6.45) is 3.55. The maximum absolute atomic E-state index is 13.9. The van der Waals surface area contributed by atoms with E-state index in [1.165, 1.54) is 0 Å². The molecular formula is C25H27N3O2. The second-order valence-corrected chi connectivity index (χ2v) is 7.94. The number of pyridine rings is 1. The van der Waals surface area contributed by atoms with Gasteiger partial charge in [-0.25, -0.2) is 4.98 Å². The SMILES string of the molecule is CN(C)c1cc([C@H]2CCCN2C(=O)C(O)(c2ccccc2)c2ccccc2)ccn1. The number of benzene rings is 2. The number of likely N-dealkylation sites (tertiary alicyclic amines) is 1. The summed E-state index contributed by atoms with van der Waals surface area (Å²) in [5.41, 5.74) is 0.469. The molecule has 1 aromatic heterocycles. The lowest BCUT2D eigenvalue weighted by Crippen LogP contribution is -2.47. The fourth-order valence-electron chi connectivity index (χ4n) is 4.22. The van der Waals surface area contributed by atoms with Crippen LogP contribution in [0.25, 0.3) is 0 Å². The molecule has 0 unspecified atom stereocenters. The van der Waals surface area contributed by atoms with Crippen molar-refractivity contribution in [2.24, 2.45) is 0 Å². The Morgan fingerprint density at radius 3 is 2.20 bits per heavy atom. The number of hydrogen-bond donors (Lipinski definition) is 1. The quantitative estimate of drug-likeness (QED) is 0.708. The summed E-state index contributed by atoms with van der Waals surface area (Å²) in [4.78, 5) is 22.1. The smallest absolute Gasteiger partial charge is 0.264 e. The average Bonchev–Trinajstić information content (AvgIpc) is 3.29. The number of anilines is 1. The third-order valence-corrected chi connectivity index (χ3v) is 5.82. The maximum Gasteiger partial charge on any atom is 0.264 e. The van der Waals surface area contributed by atoms with Crippen LogP contribution < -0.4 is 4.90 Å². The summed E-state index contributed by atoms with van der Waals surface area (Å²) in [5, 5.41) is 11.9. The van der Waals surface area contributed by atoms with Crippen LogP contribution in [0.1, 0.15) is 35.6 Å². The first-order chi connectivity index (χ1) is 14.5. The summed E-state index contributed by atoms with van der Waals surface area (Å²) in [5.74, 6) is 0.568. The largest absolute Gasteiger partial charge is 0.372 e. The van der Waals surface area contributed by atoms with Crippen LogP contribution in [-0.4, -0.2) is 41.5 Å². The van der Waals surface area contributed by atoms with E-state index < -0.39 is 5.60 Å². The Kier molecular flexibility index (Phi) is 5.55. The van der Waals surface area contributed by atoms with Gasteiger partial charge in [0.15, 0.2) is 5.60 Å². The minimum absolute atomic E-state index is 0.0850. The predicted molar refractivity (Wildman–Crippen MR) is 118 cm³/mol. The molecular weight excluding hydrogens is 374 g/mol. The first-order valence-electron chi connectivity index (χ1n) is 10.3. The van der Waals surface area contributed by atoms with E-state index in [0.717, 1.165) is 24.2 Å². The van der Waals surface area contributed by atoms with Gasteiger partial charge in [-0.15, -0.1) is 0 Å². The summed E-state index contributed by atoms with van der Waals surface area (Å²) in [6, 6.07) is 22.3. The molecule has 1 saturated heterocycles. The second kappa shape index (κ2) is 8.28. The molecule has 1 aliphatic heterocycles. The van der Waals surface area contributed by atoms with Crippen molar-refractivity contribution in [1.29, 1.82) is 0 Å². The first-order valence-corrected chi connectivity index (χ1v) is 10.3. The normalized spacial score (nSPS) is 16.5. The molecule has 5 heteroatoms. The van der Waals surface area contributed by atoms with E-state index in [1.807, 2.05) is 96.7 Å². The highest BCUT2D eigenvalue weighted by Gasteiger charge is 2.45. The molecule has 1 atom stereocenters. The molecule has 1 fully saturated rings. The molecule has 0 spiro atoms. The lowest BCUT2D eigenvalue weighted by atomic mass is 9.84. The summed E-state index contributed by atoms with van der Waals surface area (Å²) in [6.45, 7) is 0.616. The minimum atomic E-state index is -1.73. The highest BCUT2D eigenvalue weighted by atomic mass is 16.3. The van der Waals surface area contributed by atoms with E-state index in [9.17, 15) is 9.90 Å². The zero-order chi connectivity index (χ0) is 21.1. The Labute approximate surface area is 177 Å². The molecule has 0 bridgehead atoms. The monoisotopic (exact) mass is 401 g/mol. The Hall–Kier alpha value is -3.18. The predicted octanol–water partition coefficient (Wildman–Crippen LogP) is 3.75. The van der Waals surface area contributed by atoms with Gasteiger partial charge >= 0.3 is 0 Å². The average molecular weight is 402 g/mol. The molecule has 154 valence electrons. The molecule has 1 N–H and O–H groups in total. The molecule has 1 amide bonds. The van der Waals surface area contributed by atoms with Crippen LogP contribution >= 0.6 is 0 Å². The summed E-state index contributed by atoms with van der Waals surface area (Å²) in [7, 11) is 3.90. The van der Waals surface area contributed by atoms with Crippen molar-refractivity contribution in [3.05, 3.63) is 95.7 Å². The standard InChI is InChI=1S/C25H27N3O2/c1-27(2)23-18-19(15-16-26-23)22-14-9-17-28(22)24(29)25(30,20-10-5-3-6-11-20)21-12-7-4-8-13-21/h3-8,10-13,15-16,18,22,30H,9,14,17H2,1-2H3/t22-/m1/s1. The van der Waals surface area contributed by atoms with Crippen molar-refractivity contribution in [3.8, 4) is 0 Å². The number of nitrogens with zero attached hydrogens (tertiary/aromatic N) is 3. The Morgan fingerprint density at radius 2 is 1.63 bits per heavy atom. The van der Waals surface area contributed by atoms with Gasteiger partial charge < -0.3 is 14.9 Å². The van der Waals surface area contributed by atoms with Crippen LogP contribution in [0.15, 0.2) is 79.0 Å². The van der Waals surface area contributed by atoms with Crippen molar-refractivity contribution >= 4 is 11.7 Å². The molecule has 0 aliphatic carbocycles. The fourth-order valence-corrected chi connectivity index (χ4v) is 4.22. The molecule has 1 aliphatic rings. The van der Waals surface area contributed by atoms with Gasteiger partial charge in [0.05, 0.1) is 6.04 Å². The molecule has 0 saturated carbocycles. The lowest BCUT2D eigenvalue weighted by molar-refractivity contribution is -0.149. The lowest BCUT2D eigenvalue weighted by Gasteiger charge is -2.35. The zero-order valence-electron chi connectivity index (χ0n) is 17.4. The number of aliphatic hydroxyl groups is 1. The molecule has 5 nitrogen and oxygen atoms in total. The first kappa shape index (κ1) is 20.1. The Balaban J connectivity index is 1.75. The van der Waals surface area contributed by atoms with Crippen LogP contribution in [-0.2, 0) is 10.4 Å². The number of rotatable bonds is 5. The summed E-state index contributed by atoms with van der Waals surface area (Å²) < 4.78 is 0. The molecule has 4 rings (SSSR count). The highest BCUT2D eigenvalue weighted by molar-refractivity contribution is 5.90. The van der Waals surface area contributed by atoms with Crippen molar-refractivity contribution in [2.75, 3.05) is 25.5 Å². The van der Waals surface area contributed by atoms with E-state index in [0.29, 0.717) is 17.7 Å². The van der Waals surface area contributed by atoms with Crippen LogP contribution in [0.2, 0.25) is 0 Å². The molecule has 30 heavy (non-hydrogen) atoms. The van der Waals surface area contributed by atoms with Gasteiger partial charge in [0.2, 0.25) is 0 Å². The summed E-state index contributed by atoms with van der Waals surface area (Å²) >= 11 is 0. The van der Waals surface area contributed by atoms with E-state index in [1.54, 1.807) is 6.20 Å². The fraction of sp³-hybridized carbons (Fsp3) is 0.280. The van der Waals surface area contributed by atoms with Crippen LogP contribution in [0.5, 0.6) is 0 Å². The van der Waals surface area contributed by atoms with E-state index in [2.05, 4.69) is 4.98 Å². The Morgan fingerprint density at radius 1 is 1.03 bits per heavy atom. The van der Waals surface area contributed by atoms with Crippen molar-refractivity contribution in [3.63, 3.8) is 0 Å². The second-order valence-electron chi connectivity index (χ2n) is 7.94. The topological polar surface area (TPSA) is 56.7 Å². The Bertz CT molecular complexity index is 966. The third kappa shape index (κ3) is 3.57. The molecule has 0 radical (unpaired) electrons. The van der Waals surface area contributed by atoms with Gasteiger partial charge in [0, 0.05) is 26.8 Å². The molecule has 3 aromatic rings. The van der Waals surface area contributed by atoms with Gasteiger partial charge in [-0.2, -0.15) is 0 Å². The number of hydrogen-bond acceptors (Lipinski definition) is 4. The van der Waals surface area contributed by atoms with Crippen LogP contribution in [0, 0.1) is 0 Å². The van der Waals surface area contributed by atoms with E-state index >= 15 is 0 Å². The van der Waals surface area contributed by atoms with E-state index in [-0.39, 0.29) is 11.9 Å². The minimum Gasteiger partial charge on any atom is -0.372 e. The zero-order valence-corrected chi connectivity index (χ0v) is 17.4. The highest BCUT2D eigenvalue weighted by Crippen LogP contribution is 2.39. The molecule has 2 heterocycles. The third-order valence-electron chi connectivity index (χ3n) is 5.82. The van der Waals surface area contributed by atoms with Gasteiger partial charge in [0.25, 0.3) is 5.91 Å². The van der Waals surface area contributed by atoms with Crippen molar-refractivity contribution in [2.45, 2.75) is 24.5 Å². The number of carbonyl (C=O) groups is 1. The van der Waals surface area contributed by atoms with Gasteiger partial charge in [-0.3, -0.25) is 4.79 Å². The van der Waals surface area contributed by atoms with Gasteiger partial charge in [0.1, 0.15) is 5.82 Å². The van der Waals surface area contributed by atoms with Gasteiger partial charge in [-0.1, -0.05) is 60.7 Å². The number of carbonyl (C=O) groups excluding carboxylic acids is 1. The van der Waals surface area contributed by atoms with Crippen molar-refractivity contribution in [1.82, 2.24) is 9.88 Å². The molecule has 2 aromatic carbocycles. The number of aromatic nitrogens is 1. The van der Waals surface area contributed by atoms with Gasteiger partial charge in [-0.05, 0) is 41.7 Å².